The molecule has 4 atom stereocenters. The number of nitrogens with one attached hydrogen (secondary N) is 2. The number of nitrogens with two attached hydrogens (primary N) is 1. The Morgan fingerprint density at radius 2 is 1.49 bits per heavy atom. The van der Waals surface area contributed by atoms with Gasteiger partial charge in [0, 0.05) is 35.8 Å². The van der Waals surface area contributed by atoms with Gasteiger partial charge in [-0.25, -0.2) is 14.6 Å². The number of alkyl halides is 6. The maximum Gasteiger partial charge on any atom is 0.408 e. The topological polar surface area (TPSA) is 169 Å². The van der Waals surface area contributed by atoms with E-state index in [0.29, 0.717) is 11.1 Å². The van der Waals surface area contributed by atoms with Crippen LogP contribution in [0.5, 0.6) is 0 Å². The maximum absolute atomic E-state index is 14.2. The highest BCUT2D eigenvalue weighted by Crippen LogP contribution is 2.33. The second-order valence-corrected chi connectivity index (χ2v) is 13.3. The Labute approximate surface area is 301 Å². The lowest BCUT2D eigenvalue weighted by Crippen LogP contribution is -2.51. The number of halogens is 6. The molecule has 0 bridgehead atoms. The van der Waals surface area contributed by atoms with Crippen LogP contribution in [-0.2, 0) is 28.7 Å². The molecule has 53 heavy (non-hydrogen) atoms. The first-order chi connectivity index (χ1) is 24.6. The van der Waals surface area contributed by atoms with E-state index in [1.165, 1.54) is 13.0 Å². The highest BCUT2D eigenvalue weighted by molar-refractivity contribution is 6.20. The van der Waals surface area contributed by atoms with Crippen LogP contribution in [0.3, 0.4) is 0 Å². The maximum atomic E-state index is 14.2. The number of alkyl carbamates (subject to hydrolysis) is 1. The van der Waals surface area contributed by atoms with Crippen molar-refractivity contribution >= 4 is 41.2 Å². The van der Waals surface area contributed by atoms with Crippen molar-refractivity contribution in [2.45, 2.75) is 90.0 Å². The number of amides is 4. The molecule has 18 heteroatoms. The normalized spacial score (nSPS) is 16.6. The monoisotopic (exact) mass is 757 g/mol. The number of fused-ring (bicyclic) bond motifs is 1. The molecule has 1 aliphatic rings. The van der Waals surface area contributed by atoms with E-state index in [2.05, 4.69) is 15.6 Å². The summed E-state index contributed by atoms with van der Waals surface area (Å²) in [5.74, 6) is -8.26. The van der Waals surface area contributed by atoms with Crippen molar-refractivity contribution in [2.24, 2.45) is 22.6 Å². The first kappa shape index (κ1) is 42.3. The van der Waals surface area contributed by atoms with Crippen LogP contribution in [0.15, 0.2) is 59.6 Å². The zero-order valence-electron chi connectivity index (χ0n) is 29.3. The summed E-state index contributed by atoms with van der Waals surface area (Å²) in [7, 11) is 0. The number of esters is 1. The smallest absolute Gasteiger partial charge is 0.408 e. The molecule has 3 rings (SSSR count). The summed E-state index contributed by atoms with van der Waals surface area (Å²) in [6, 6.07) is 13.3. The fourth-order valence-corrected chi connectivity index (χ4v) is 5.42. The second kappa shape index (κ2) is 17.6. The van der Waals surface area contributed by atoms with Crippen molar-refractivity contribution in [3.63, 3.8) is 0 Å². The molecule has 2 aromatic carbocycles. The standard InChI is InChI=1S/C35H41F6N5O7/c1-20(43-32(51)53-33(2,3)4)31(50)52-19-46-25-15-9-8-13-24(25)26(21-11-6-5-7-12-21)44-28(30(46)49)45-29(48)23(14-10-17-34(36,37)38)22(27(42)47)16-18-35(39,40)41/h5-9,11-13,15,20,22-23,28H,10,14,16-19H2,1-4H3,(H2,42,47)(H,43,51)(H,45,48). The van der Waals surface area contributed by atoms with E-state index in [1.54, 1.807) is 69.3 Å². The molecule has 4 amide bonds. The van der Waals surface area contributed by atoms with Crippen molar-refractivity contribution in [3.8, 4) is 0 Å². The van der Waals surface area contributed by atoms with Crippen LogP contribution in [0, 0.1) is 11.8 Å². The third kappa shape index (κ3) is 13.1. The van der Waals surface area contributed by atoms with Gasteiger partial charge in [0.2, 0.25) is 18.0 Å². The number of benzene rings is 2. The Hall–Kier alpha value is -5.16. The van der Waals surface area contributed by atoms with Crippen LogP contribution in [0.1, 0.15) is 70.9 Å². The molecular formula is C35H41F6N5O7. The molecule has 1 aliphatic heterocycles. The van der Waals surface area contributed by atoms with Crippen LogP contribution < -0.4 is 21.3 Å². The van der Waals surface area contributed by atoms with Crippen LogP contribution >= 0.6 is 0 Å². The number of primary amides is 1. The number of carbonyl (C=O) groups is 5. The third-order valence-electron chi connectivity index (χ3n) is 7.86. The summed E-state index contributed by atoms with van der Waals surface area (Å²) >= 11 is 0. The van der Waals surface area contributed by atoms with Gasteiger partial charge < -0.3 is 25.8 Å². The minimum absolute atomic E-state index is 0.144. The molecule has 12 nitrogen and oxygen atoms in total. The number of hydrogen-bond acceptors (Lipinski definition) is 8. The van der Waals surface area contributed by atoms with E-state index in [-0.39, 0.29) is 11.4 Å². The van der Waals surface area contributed by atoms with Gasteiger partial charge in [-0.1, -0.05) is 48.5 Å². The number of carbonyl (C=O) groups excluding carboxylic acids is 5. The number of ether oxygens (including phenoxy) is 2. The number of para-hydroxylation sites is 1. The number of nitrogens with zero attached hydrogens (tertiary/aromatic N) is 2. The van der Waals surface area contributed by atoms with Gasteiger partial charge in [-0.05, 0) is 53.0 Å². The Balaban J connectivity index is 2.02. The molecule has 290 valence electrons. The van der Waals surface area contributed by atoms with Crippen LogP contribution in [-0.4, -0.2) is 72.4 Å². The van der Waals surface area contributed by atoms with Crippen molar-refractivity contribution in [1.82, 2.24) is 10.6 Å². The summed E-state index contributed by atoms with van der Waals surface area (Å²) in [4.78, 5) is 71.0. The molecule has 1 heterocycles. The molecule has 0 saturated carbocycles. The fourth-order valence-electron chi connectivity index (χ4n) is 5.42. The molecular weight excluding hydrogens is 716 g/mol. The lowest BCUT2D eigenvalue weighted by molar-refractivity contribution is -0.147. The van der Waals surface area contributed by atoms with E-state index < -0.39 is 111 Å². The average Bonchev–Trinajstić information content (AvgIpc) is 3.15. The Kier molecular flexibility index (Phi) is 14.0. The number of rotatable bonds is 14. The Bertz CT molecular complexity index is 1660. The number of aliphatic imine (C=N–C) groups is 1. The van der Waals surface area contributed by atoms with Gasteiger partial charge in [0.05, 0.1) is 11.4 Å². The fraction of sp³-hybridized carbons (Fsp3) is 0.486. The van der Waals surface area contributed by atoms with Gasteiger partial charge in [-0.15, -0.1) is 0 Å². The van der Waals surface area contributed by atoms with Gasteiger partial charge in [0.25, 0.3) is 5.91 Å². The Morgan fingerprint density at radius 3 is 2.08 bits per heavy atom. The van der Waals surface area contributed by atoms with E-state index >= 15 is 0 Å². The van der Waals surface area contributed by atoms with Crippen molar-refractivity contribution in [3.05, 3.63) is 65.7 Å². The quantitative estimate of drug-likeness (QED) is 0.168. The first-order valence-corrected chi connectivity index (χ1v) is 16.5. The number of hydrogen-bond donors (Lipinski definition) is 3. The predicted molar refractivity (Wildman–Crippen MR) is 179 cm³/mol. The molecule has 0 aliphatic carbocycles. The largest absolute Gasteiger partial charge is 0.444 e. The minimum atomic E-state index is -4.78. The molecule has 0 aromatic heterocycles. The first-order valence-electron chi connectivity index (χ1n) is 16.5. The SMILES string of the molecule is CC(NC(=O)OC(C)(C)C)C(=O)OCN1C(=O)C(NC(=O)C(CCCC(F)(F)F)C(CCC(F)(F)F)C(N)=O)N=C(c2ccccc2)c2ccccc21. The molecule has 0 fully saturated rings. The summed E-state index contributed by atoms with van der Waals surface area (Å²) in [6.45, 7) is 5.35. The third-order valence-corrected chi connectivity index (χ3v) is 7.86. The second-order valence-electron chi connectivity index (χ2n) is 13.3. The Morgan fingerprint density at radius 1 is 0.887 bits per heavy atom. The average molecular weight is 758 g/mol. The van der Waals surface area contributed by atoms with Crippen LogP contribution in [0.25, 0.3) is 0 Å². The summed E-state index contributed by atoms with van der Waals surface area (Å²) in [5, 5.41) is 4.62. The van der Waals surface area contributed by atoms with Crippen LogP contribution in [0.2, 0.25) is 0 Å². The van der Waals surface area contributed by atoms with Crippen molar-refractivity contribution < 1.29 is 59.8 Å². The molecule has 0 saturated heterocycles. The predicted octanol–water partition coefficient (Wildman–Crippen LogP) is 5.52. The van der Waals surface area contributed by atoms with E-state index in [9.17, 15) is 50.3 Å². The van der Waals surface area contributed by atoms with E-state index in [4.69, 9.17) is 15.2 Å². The highest BCUT2D eigenvalue weighted by Gasteiger charge is 2.40. The lowest BCUT2D eigenvalue weighted by atomic mass is 9.83. The molecule has 4 unspecified atom stereocenters. The van der Waals surface area contributed by atoms with E-state index in [1.807, 2.05) is 0 Å². The summed E-state index contributed by atoms with van der Waals surface area (Å²) in [6.07, 6.45) is -17.7. The molecule has 0 radical (unpaired) electrons. The number of benzodiazepines with no additional fused rings is 1. The molecule has 0 spiro atoms. The van der Waals surface area contributed by atoms with Gasteiger partial charge in [0.1, 0.15) is 11.6 Å². The van der Waals surface area contributed by atoms with Gasteiger partial charge in [-0.3, -0.25) is 19.3 Å². The molecule has 4 N–H and O–H groups in total. The minimum Gasteiger partial charge on any atom is -0.444 e. The lowest BCUT2D eigenvalue weighted by Gasteiger charge is -2.28. The highest BCUT2D eigenvalue weighted by atomic mass is 19.4. The zero-order chi connectivity index (χ0) is 39.7. The van der Waals surface area contributed by atoms with Crippen LogP contribution in [0.4, 0.5) is 36.8 Å². The van der Waals surface area contributed by atoms with E-state index in [0.717, 1.165) is 4.90 Å². The van der Waals surface area contributed by atoms with Crippen molar-refractivity contribution in [2.75, 3.05) is 11.6 Å². The van der Waals surface area contributed by atoms with Crippen molar-refractivity contribution in [1.29, 1.82) is 0 Å². The summed E-state index contributed by atoms with van der Waals surface area (Å²) in [5.41, 5.74) is 5.57. The zero-order valence-corrected chi connectivity index (χ0v) is 29.3. The van der Waals surface area contributed by atoms with Gasteiger partial charge >= 0.3 is 24.4 Å². The number of anilines is 1. The summed E-state index contributed by atoms with van der Waals surface area (Å²) < 4.78 is 89.2. The molecule has 2 aromatic rings. The van der Waals surface area contributed by atoms with Gasteiger partial charge in [0.15, 0.2) is 6.73 Å². The van der Waals surface area contributed by atoms with Gasteiger partial charge in [-0.2, -0.15) is 26.3 Å².